The molecule has 17 heavy (non-hydrogen) atoms. The van der Waals surface area contributed by atoms with Gasteiger partial charge < -0.3 is 5.32 Å². The van der Waals surface area contributed by atoms with Gasteiger partial charge in [-0.2, -0.15) is 5.26 Å². The van der Waals surface area contributed by atoms with Crippen molar-refractivity contribution in [3.8, 4) is 6.07 Å². The van der Waals surface area contributed by atoms with E-state index in [0.717, 1.165) is 16.8 Å². The standard InChI is InChI=1S/C15H20N2/c1-11-7-5-9-15(13(11)10-16)17-14-8-4-3-6-12(14)2/h5,7,9,12,14,17H,3-4,6,8H2,1-2H3. The van der Waals surface area contributed by atoms with E-state index in [1.54, 1.807) is 0 Å². The van der Waals surface area contributed by atoms with Gasteiger partial charge in [-0.15, -0.1) is 0 Å². The van der Waals surface area contributed by atoms with Crippen LogP contribution in [0.2, 0.25) is 0 Å². The summed E-state index contributed by atoms with van der Waals surface area (Å²) in [5, 5.41) is 12.8. The Hall–Kier alpha value is -1.49. The van der Waals surface area contributed by atoms with E-state index in [1.807, 2.05) is 25.1 Å². The normalized spacial score (nSPS) is 24.1. The van der Waals surface area contributed by atoms with Crippen molar-refractivity contribution in [1.82, 2.24) is 0 Å². The Morgan fingerprint density at radius 3 is 2.76 bits per heavy atom. The predicted molar refractivity (Wildman–Crippen MR) is 70.9 cm³/mol. The first kappa shape index (κ1) is 12.0. The summed E-state index contributed by atoms with van der Waals surface area (Å²) in [5.74, 6) is 0.704. The topological polar surface area (TPSA) is 35.8 Å². The molecule has 1 fully saturated rings. The Kier molecular flexibility index (Phi) is 3.68. The van der Waals surface area contributed by atoms with Crippen molar-refractivity contribution in [2.75, 3.05) is 5.32 Å². The number of rotatable bonds is 2. The molecule has 2 heteroatoms. The second kappa shape index (κ2) is 5.23. The van der Waals surface area contributed by atoms with Crippen molar-refractivity contribution in [1.29, 1.82) is 5.26 Å². The van der Waals surface area contributed by atoms with E-state index in [9.17, 15) is 5.26 Å². The second-order valence-corrected chi connectivity index (χ2v) is 5.12. The van der Waals surface area contributed by atoms with Crippen LogP contribution in [0.5, 0.6) is 0 Å². The highest BCUT2D eigenvalue weighted by atomic mass is 14.9. The summed E-state index contributed by atoms with van der Waals surface area (Å²) in [4.78, 5) is 0. The van der Waals surface area contributed by atoms with E-state index < -0.39 is 0 Å². The molecule has 90 valence electrons. The Morgan fingerprint density at radius 1 is 1.29 bits per heavy atom. The van der Waals surface area contributed by atoms with Gasteiger partial charge in [-0.3, -0.25) is 0 Å². The number of nitrogens with zero attached hydrogens (tertiary/aromatic N) is 1. The molecule has 2 atom stereocenters. The van der Waals surface area contributed by atoms with E-state index in [2.05, 4.69) is 18.3 Å². The van der Waals surface area contributed by atoms with Gasteiger partial charge in [0, 0.05) is 6.04 Å². The lowest BCUT2D eigenvalue weighted by atomic mass is 9.85. The van der Waals surface area contributed by atoms with Crippen LogP contribution < -0.4 is 5.32 Å². The van der Waals surface area contributed by atoms with Crippen molar-refractivity contribution in [3.05, 3.63) is 29.3 Å². The predicted octanol–water partition coefficient (Wildman–Crippen LogP) is 3.86. The van der Waals surface area contributed by atoms with Crippen molar-refractivity contribution in [2.24, 2.45) is 5.92 Å². The summed E-state index contributed by atoms with van der Waals surface area (Å²) in [6.07, 6.45) is 5.17. The van der Waals surface area contributed by atoms with Gasteiger partial charge in [-0.25, -0.2) is 0 Å². The molecule has 0 bridgehead atoms. The van der Waals surface area contributed by atoms with Crippen LogP contribution in [-0.2, 0) is 0 Å². The van der Waals surface area contributed by atoms with Crippen LogP contribution in [0.3, 0.4) is 0 Å². The maximum absolute atomic E-state index is 9.20. The summed E-state index contributed by atoms with van der Waals surface area (Å²) in [6, 6.07) is 8.87. The van der Waals surface area contributed by atoms with Crippen molar-refractivity contribution in [2.45, 2.75) is 45.6 Å². The summed E-state index contributed by atoms with van der Waals surface area (Å²) < 4.78 is 0. The number of benzene rings is 1. The lowest BCUT2D eigenvalue weighted by Gasteiger charge is -2.30. The minimum atomic E-state index is 0.526. The number of aryl methyl sites for hydroxylation is 1. The van der Waals surface area contributed by atoms with Crippen LogP contribution >= 0.6 is 0 Å². The van der Waals surface area contributed by atoms with Crippen LogP contribution in [-0.4, -0.2) is 6.04 Å². The molecule has 0 aliphatic heterocycles. The number of hydrogen-bond acceptors (Lipinski definition) is 2. The quantitative estimate of drug-likeness (QED) is 0.834. The molecule has 0 heterocycles. The van der Waals surface area contributed by atoms with Crippen molar-refractivity contribution < 1.29 is 0 Å². The minimum Gasteiger partial charge on any atom is -0.381 e. The zero-order chi connectivity index (χ0) is 12.3. The van der Waals surface area contributed by atoms with Crippen LogP contribution in [0.4, 0.5) is 5.69 Å². The molecule has 1 aliphatic rings. The fourth-order valence-electron chi connectivity index (χ4n) is 2.67. The molecule has 1 aromatic carbocycles. The van der Waals surface area contributed by atoms with Crippen molar-refractivity contribution >= 4 is 5.69 Å². The Balaban J connectivity index is 2.18. The first-order chi connectivity index (χ1) is 8.22. The third kappa shape index (κ3) is 2.61. The van der Waals surface area contributed by atoms with Crippen molar-refractivity contribution in [3.63, 3.8) is 0 Å². The molecule has 0 aromatic heterocycles. The zero-order valence-electron chi connectivity index (χ0n) is 10.7. The van der Waals surface area contributed by atoms with Gasteiger partial charge in [0.1, 0.15) is 6.07 Å². The minimum absolute atomic E-state index is 0.526. The largest absolute Gasteiger partial charge is 0.381 e. The molecular weight excluding hydrogens is 208 g/mol. The lowest BCUT2D eigenvalue weighted by molar-refractivity contribution is 0.349. The summed E-state index contributed by atoms with van der Waals surface area (Å²) in [6.45, 7) is 4.30. The van der Waals surface area contributed by atoms with E-state index in [0.29, 0.717) is 12.0 Å². The smallest absolute Gasteiger partial charge is 0.102 e. The second-order valence-electron chi connectivity index (χ2n) is 5.12. The van der Waals surface area contributed by atoms with Gasteiger partial charge in [-0.05, 0) is 37.3 Å². The molecule has 1 aromatic rings. The number of anilines is 1. The van der Waals surface area contributed by atoms with Gasteiger partial charge in [0.05, 0.1) is 11.3 Å². The average molecular weight is 228 g/mol. The van der Waals surface area contributed by atoms with E-state index in [4.69, 9.17) is 0 Å². The molecule has 2 rings (SSSR count). The first-order valence-electron chi connectivity index (χ1n) is 6.48. The van der Waals surface area contributed by atoms with Crippen LogP contribution in [0.1, 0.15) is 43.7 Å². The maximum Gasteiger partial charge on any atom is 0.102 e. The molecule has 1 saturated carbocycles. The zero-order valence-corrected chi connectivity index (χ0v) is 10.7. The fraction of sp³-hybridized carbons (Fsp3) is 0.533. The molecule has 0 spiro atoms. The van der Waals surface area contributed by atoms with Gasteiger partial charge >= 0.3 is 0 Å². The summed E-state index contributed by atoms with van der Waals surface area (Å²) in [5.41, 5.74) is 2.86. The Labute approximate surface area is 104 Å². The maximum atomic E-state index is 9.20. The number of nitrogens with one attached hydrogen (secondary N) is 1. The van der Waals surface area contributed by atoms with Gasteiger partial charge in [0.2, 0.25) is 0 Å². The third-order valence-electron chi connectivity index (χ3n) is 3.84. The number of nitriles is 1. The van der Waals surface area contributed by atoms with Crippen LogP contribution in [0.15, 0.2) is 18.2 Å². The first-order valence-corrected chi connectivity index (χ1v) is 6.48. The Bertz CT molecular complexity index is 431. The molecule has 1 N–H and O–H groups in total. The van der Waals surface area contributed by atoms with Crippen LogP contribution in [0.25, 0.3) is 0 Å². The highest BCUT2D eigenvalue weighted by Crippen LogP contribution is 2.28. The molecule has 2 unspecified atom stereocenters. The number of hydrogen-bond donors (Lipinski definition) is 1. The van der Waals surface area contributed by atoms with Crippen LogP contribution in [0, 0.1) is 24.2 Å². The summed E-state index contributed by atoms with van der Waals surface area (Å²) >= 11 is 0. The summed E-state index contributed by atoms with van der Waals surface area (Å²) in [7, 11) is 0. The van der Waals surface area contributed by atoms with Gasteiger partial charge in [0.15, 0.2) is 0 Å². The molecular formula is C15H20N2. The third-order valence-corrected chi connectivity index (χ3v) is 3.84. The molecule has 1 aliphatic carbocycles. The highest BCUT2D eigenvalue weighted by Gasteiger charge is 2.21. The van der Waals surface area contributed by atoms with Gasteiger partial charge in [-0.1, -0.05) is 31.9 Å². The highest BCUT2D eigenvalue weighted by molar-refractivity contribution is 5.61. The van der Waals surface area contributed by atoms with Gasteiger partial charge in [0.25, 0.3) is 0 Å². The van der Waals surface area contributed by atoms with E-state index in [1.165, 1.54) is 25.7 Å². The molecule has 0 saturated heterocycles. The monoisotopic (exact) mass is 228 g/mol. The average Bonchev–Trinajstić information content (AvgIpc) is 2.32. The van der Waals surface area contributed by atoms with E-state index in [-0.39, 0.29) is 0 Å². The molecule has 0 radical (unpaired) electrons. The lowest BCUT2D eigenvalue weighted by Crippen LogP contribution is -2.30. The Morgan fingerprint density at radius 2 is 2.06 bits per heavy atom. The SMILES string of the molecule is Cc1cccc(NC2CCCCC2C)c1C#N. The van der Waals surface area contributed by atoms with E-state index >= 15 is 0 Å². The fourth-order valence-corrected chi connectivity index (χ4v) is 2.67. The molecule has 0 amide bonds. The molecule has 2 nitrogen and oxygen atoms in total.